The molecule has 4 heteroatoms. The van der Waals surface area contributed by atoms with Crippen LogP contribution in [0.4, 0.5) is 4.79 Å². The van der Waals surface area contributed by atoms with Crippen LogP contribution in [0, 0.1) is 11.8 Å². The highest BCUT2D eigenvalue weighted by atomic mass is 16.6. The van der Waals surface area contributed by atoms with Gasteiger partial charge in [-0.1, -0.05) is 13.8 Å². The van der Waals surface area contributed by atoms with Crippen molar-refractivity contribution < 1.29 is 14.6 Å². The third kappa shape index (κ3) is 3.37. The maximum absolute atomic E-state index is 11.8. The van der Waals surface area contributed by atoms with Crippen molar-refractivity contribution in [3.63, 3.8) is 0 Å². The quantitative estimate of drug-likeness (QED) is 0.746. The summed E-state index contributed by atoms with van der Waals surface area (Å²) in [6, 6.07) is 0. The van der Waals surface area contributed by atoms with E-state index in [4.69, 9.17) is 4.74 Å². The van der Waals surface area contributed by atoms with E-state index in [0.717, 1.165) is 0 Å². The minimum absolute atomic E-state index is 0.160. The molecule has 0 aromatic rings. The van der Waals surface area contributed by atoms with Crippen LogP contribution in [0.1, 0.15) is 34.6 Å². The molecule has 1 amide bonds. The Morgan fingerprint density at radius 2 is 1.94 bits per heavy atom. The second kappa shape index (κ2) is 4.62. The Hall–Kier alpha value is -0.770. The normalized spacial score (nSPS) is 26.3. The summed E-state index contributed by atoms with van der Waals surface area (Å²) in [5, 5.41) is 9.83. The Bertz CT molecular complexity index is 257. The summed E-state index contributed by atoms with van der Waals surface area (Å²) in [4.78, 5) is 13.4. The number of ether oxygens (including phenoxy) is 1. The maximum Gasteiger partial charge on any atom is 0.410 e. The highest BCUT2D eigenvalue weighted by molar-refractivity contribution is 5.68. The lowest BCUT2D eigenvalue weighted by Gasteiger charge is -2.24. The van der Waals surface area contributed by atoms with Crippen molar-refractivity contribution in [2.24, 2.45) is 11.8 Å². The Morgan fingerprint density at radius 3 is 2.31 bits per heavy atom. The lowest BCUT2D eigenvalue weighted by molar-refractivity contribution is 0.0269. The number of nitrogens with zero attached hydrogens (tertiary/aromatic N) is 1. The number of β-amino-alcohol motifs (C(OH)–C–C–N with tert-alkyl or cyclic N) is 1. The monoisotopic (exact) mass is 229 g/mol. The van der Waals surface area contributed by atoms with Crippen LogP contribution in [0.5, 0.6) is 0 Å². The first-order valence-electron chi connectivity index (χ1n) is 5.86. The van der Waals surface area contributed by atoms with Crippen LogP contribution in [0.3, 0.4) is 0 Å². The predicted molar refractivity (Wildman–Crippen MR) is 62.1 cm³/mol. The number of carbonyl (C=O) groups excluding carboxylic acids is 1. The van der Waals surface area contributed by atoms with E-state index in [9.17, 15) is 9.90 Å². The van der Waals surface area contributed by atoms with Crippen LogP contribution in [-0.4, -0.2) is 40.9 Å². The lowest BCUT2D eigenvalue weighted by atomic mass is 9.93. The molecule has 1 fully saturated rings. The van der Waals surface area contributed by atoms with Crippen molar-refractivity contribution in [3.05, 3.63) is 0 Å². The standard InChI is InChI=1S/C12H23NO3/c1-8(2)9-6-13(7-10(9)14)11(15)16-12(3,4)5/h8-10,14H,6-7H2,1-5H3/t9-,10+/m0/s1. The van der Waals surface area contributed by atoms with Gasteiger partial charge in [-0.2, -0.15) is 0 Å². The van der Waals surface area contributed by atoms with E-state index in [2.05, 4.69) is 13.8 Å². The molecule has 1 saturated heterocycles. The summed E-state index contributed by atoms with van der Waals surface area (Å²) in [7, 11) is 0. The van der Waals surface area contributed by atoms with E-state index in [1.807, 2.05) is 20.8 Å². The molecule has 0 spiro atoms. The number of carbonyl (C=O) groups is 1. The SMILES string of the molecule is CC(C)[C@@H]1CN(C(=O)OC(C)(C)C)C[C@H]1O. The van der Waals surface area contributed by atoms with Gasteiger partial charge in [0.25, 0.3) is 0 Å². The molecule has 1 N–H and O–H groups in total. The van der Waals surface area contributed by atoms with Crippen molar-refractivity contribution in [3.8, 4) is 0 Å². The van der Waals surface area contributed by atoms with Gasteiger partial charge in [-0.3, -0.25) is 0 Å². The summed E-state index contributed by atoms with van der Waals surface area (Å²) in [5.74, 6) is 0.537. The van der Waals surface area contributed by atoms with Gasteiger partial charge in [0.2, 0.25) is 0 Å². The van der Waals surface area contributed by atoms with Gasteiger partial charge in [-0.25, -0.2) is 4.79 Å². The van der Waals surface area contributed by atoms with Crippen LogP contribution in [0.25, 0.3) is 0 Å². The Labute approximate surface area is 97.6 Å². The molecule has 0 saturated carbocycles. The first-order valence-corrected chi connectivity index (χ1v) is 5.86. The van der Waals surface area contributed by atoms with Crippen molar-refractivity contribution in [1.82, 2.24) is 4.90 Å². The van der Waals surface area contributed by atoms with Crippen LogP contribution in [0.15, 0.2) is 0 Å². The molecule has 4 nitrogen and oxygen atoms in total. The summed E-state index contributed by atoms with van der Waals surface area (Å²) in [6.07, 6.45) is -0.748. The van der Waals surface area contributed by atoms with Gasteiger partial charge < -0.3 is 14.7 Å². The van der Waals surface area contributed by atoms with Crippen molar-refractivity contribution in [1.29, 1.82) is 0 Å². The van der Waals surface area contributed by atoms with Gasteiger partial charge in [0.15, 0.2) is 0 Å². The summed E-state index contributed by atoms with van der Waals surface area (Å²) in [5.41, 5.74) is -0.474. The molecule has 2 atom stereocenters. The van der Waals surface area contributed by atoms with Crippen molar-refractivity contribution in [2.45, 2.75) is 46.3 Å². The molecule has 1 aliphatic heterocycles. The zero-order chi connectivity index (χ0) is 12.5. The van der Waals surface area contributed by atoms with E-state index < -0.39 is 11.7 Å². The minimum Gasteiger partial charge on any atom is -0.444 e. The maximum atomic E-state index is 11.8. The fraction of sp³-hybridized carbons (Fsp3) is 0.917. The third-order valence-corrected chi connectivity index (χ3v) is 2.84. The topological polar surface area (TPSA) is 49.8 Å². The zero-order valence-electron chi connectivity index (χ0n) is 10.9. The molecule has 1 heterocycles. The van der Waals surface area contributed by atoms with Crippen LogP contribution in [0.2, 0.25) is 0 Å². The number of aliphatic hydroxyl groups excluding tert-OH is 1. The van der Waals surface area contributed by atoms with E-state index in [1.165, 1.54) is 0 Å². The Morgan fingerprint density at radius 1 is 1.38 bits per heavy atom. The van der Waals surface area contributed by atoms with Crippen molar-refractivity contribution in [2.75, 3.05) is 13.1 Å². The number of likely N-dealkylation sites (tertiary alicyclic amines) is 1. The van der Waals surface area contributed by atoms with Crippen molar-refractivity contribution >= 4 is 6.09 Å². The molecule has 0 bridgehead atoms. The molecule has 0 aromatic carbocycles. The molecule has 0 unspecified atom stereocenters. The molecule has 1 aliphatic rings. The molecule has 1 rings (SSSR count). The minimum atomic E-state index is -0.474. The smallest absolute Gasteiger partial charge is 0.410 e. The van der Waals surface area contributed by atoms with E-state index in [-0.39, 0.29) is 12.0 Å². The fourth-order valence-electron chi connectivity index (χ4n) is 1.94. The zero-order valence-corrected chi connectivity index (χ0v) is 10.9. The Kier molecular flexibility index (Phi) is 3.84. The average Bonchev–Trinajstić information content (AvgIpc) is 2.44. The summed E-state index contributed by atoms with van der Waals surface area (Å²) < 4.78 is 5.27. The average molecular weight is 229 g/mol. The van der Waals surface area contributed by atoms with Gasteiger partial charge in [0, 0.05) is 12.5 Å². The summed E-state index contributed by atoms with van der Waals surface area (Å²) >= 11 is 0. The van der Waals surface area contributed by atoms with Gasteiger partial charge in [0.05, 0.1) is 12.6 Å². The van der Waals surface area contributed by atoms with Crippen LogP contribution >= 0.6 is 0 Å². The fourth-order valence-corrected chi connectivity index (χ4v) is 1.94. The van der Waals surface area contributed by atoms with E-state index >= 15 is 0 Å². The number of hydrogen-bond acceptors (Lipinski definition) is 3. The molecule has 94 valence electrons. The number of rotatable bonds is 1. The van der Waals surface area contributed by atoms with E-state index in [0.29, 0.717) is 19.0 Å². The molecular formula is C12H23NO3. The largest absolute Gasteiger partial charge is 0.444 e. The molecule has 0 aliphatic carbocycles. The second-order valence-electron chi connectivity index (χ2n) is 5.86. The van der Waals surface area contributed by atoms with Gasteiger partial charge in [-0.15, -0.1) is 0 Å². The molecular weight excluding hydrogens is 206 g/mol. The lowest BCUT2D eigenvalue weighted by Crippen LogP contribution is -2.36. The van der Waals surface area contributed by atoms with E-state index in [1.54, 1.807) is 4.90 Å². The van der Waals surface area contributed by atoms with Crippen LogP contribution in [-0.2, 0) is 4.74 Å². The second-order valence-corrected chi connectivity index (χ2v) is 5.86. The number of amides is 1. The molecule has 0 aromatic heterocycles. The third-order valence-electron chi connectivity index (χ3n) is 2.84. The Balaban J connectivity index is 2.55. The highest BCUT2D eigenvalue weighted by Gasteiger charge is 2.37. The van der Waals surface area contributed by atoms with Crippen LogP contribution < -0.4 is 0 Å². The number of aliphatic hydroxyl groups is 1. The predicted octanol–water partition coefficient (Wildman–Crippen LogP) is 1.87. The van der Waals surface area contributed by atoms with Gasteiger partial charge in [0.1, 0.15) is 5.60 Å². The number of hydrogen-bond donors (Lipinski definition) is 1. The van der Waals surface area contributed by atoms with Gasteiger partial charge in [-0.05, 0) is 26.7 Å². The first kappa shape index (κ1) is 13.3. The summed E-state index contributed by atoms with van der Waals surface area (Å²) in [6.45, 7) is 10.6. The first-order chi connectivity index (χ1) is 7.20. The highest BCUT2D eigenvalue weighted by Crippen LogP contribution is 2.25. The molecule has 0 radical (unpaired) electrons. The van der Waals surface area contributed by atoms with Gasteiger partial charge >= 0.3 is 6.09 Å². The molecule has 16 heavy (non-hydrogen) atoms.